The summed E-state index contributed by atoms with van der Waals surface area (Å²) < 4.78 is 27.2. The van der Waals surface area contributed by atoms with Gasteiger partial charge in [0.25, 0.3) is 10.2 Å². The Balaban J connectivity index is 1.82. The molecule has 120 valence electrons. The van der Waals surface area contributed by atoms with Crippen molar-refractivity contribution in [2.45, 2.75) is 12.5 Å². The molecule has 3 heterocycles. The molecule has 1 N–H and O–H groups in total. The van der Waals surface area contributed by atoms with Crippen molar-refractivity contribution in [3.63, 3.8) is 0 Å². The summed E-state index contributed by atoms with van der Waals surface area (Å²) in [5, 5.41) is 0.960. The first-order valence-corrected chi connectivity index (χ1v) is 8.49. The molecule has 8 nitrogen and oxygen atoms in total. The summed E-state index contributed by atoms with van der Waals surface area (Å²) in [5.74, 6) is 0.851. The van der Waals surface area contributed by atoms with E-state index in [1.165, 1.54) is 14.9 Å². The number of nitrogens with one attached hydrogen (secondary N) is 1. The smallest absolute Gasteiger partial charge is 0.281 e. The van der Waals surface area contributed by atoms with Crippen molar-refractivity contribution in [3.05, 3.63) is 18.6 Å². The zero-order chi connectivity index (χ0) is 15.9. The van der Waals surface area contributed by atoms with E-state index in [1.807, 2.05) is 12.3 Å². The predicted octanol–water partition coefficient (Wildman–Crippen LogP) is 0.275. The quantitative estimate of drug-likeness (QED) is 0.873. The summed E-state index contributed by atoms with van der Waals surface area (Å²) in [7, 11) is 1.33. The number of hydrogen-bond donors (Lipinski definition) is 1. The van der Waals surface area contributed by atoms with Gasteiger partial charge >= 0.3 is 0 Å². The number of likely N-dealkylation sites (N-methyl/N-ethyl adjacent to an activating group) is 1. The number of rotatable bonds is 4. The molecule has 0 saturated carbocycles. The molecule has 1 aliphatic rings. The third kappa shape index (κ3) is 2.44. The molecule has 0 spiro atoms. The summed E-state index contributed by atoms with van der Waals surface area (Å²) in [6.07, 6.45) is 4.14. The Bertz CT molecular complexity index is 772. The molecule has 22 heavy (non-hydrogen) atoms. The largest absolute Gasteiger partial charge is 0.354 e. The lowest BCUT2D eigenvalue weighted by atomic mass is 10.3. The number of hydrogen-bond acceptors (Lipinski definition) is 5. The minimum absolute atomic E-state index is 0.0589. The lowest BCUT2D eigenvalue weighted by molar-refractivity contribution is 0.359. The molecular weight excluding hydrogens is 304 g/mol. The monoisotopic (exact) mass is 324 g/mol. The van der Waals surface area contributed by atoms with E-state index in [2.05, 4.69) is 19.9 Å². The van der Waals surface area contributed by atoms with Gasteiger partial charge in [-0.15, -0.1) is 0 Å². The Labute approximate surface area is 129 Å². The van der Waals surface area contributed by atoms with E-state index in [0.717, 1.165) is 29.8 Å². The zero-order valence-corrected chi connectivity index (χ0v) is 13.7. The Kier molecular flexibility index (Phi) is 3.79. The van der Waals surface area contributed by atoms with E-state index in [-0.39, 0.29) is 6.04 Å². The van der Waals surface area contributed by atoms with E-state index in [9.17, 15) is 8.42 Å². The summed E-state index contributed by atoms with van der Waals surface area (Å²) in [5.41, 5.74) is 0.794. The Morgan fingerprint density at radius 1 is 1.32 bits per heavy atom. The first kappa shape index (κ1) is 15.2. The van der Waals surface area contributed by atoms with Crippen molar-refractivity contribution < 1.29 is 8.42 Å². The topological polar surface area (TPSA) is 85.4 Å². The van der Waals surface area contributed by atoms with Gasteiger partial charge in [0.1, 0.15) is 17.8 Å². The van der Waals surface area contributed by atoms with Gasteiger partial charge in [-0.25, -0.2) is 9.97 Å². The molecule has 1 saturated heterocycles. The van der Waals surface area contributed by atoms with Crippen LogP contribution in [-0.4, -0.2) is 72.3 Å². The minimum Gasteiger partial charge on any atom is -0.354 e. The van der Waals surface area contributed by atoms with Gasteiger partial charge in [-0.2, -0.15) is 17.0 Å². The van der Waals surface area contributed by atoms with Gasteiger partial charge in [0.2, 0.25) is 0 Å². The molecule has 1 aliphatic heterocycles. The van der Waals surface area contributed by atoms with Crippen LogP contribution in [0.4, 0.5) is 5.82 Å². The molecule has 1 unspecified atom stereocenters. The van der Waals surface area contributed by atoms with Crippen LogP contribution >= 0.6 is 0 Å². The highest BCUT2D eigenvalue weighted by molar-refractivity contribution is 7.86. The number of aromatic nitrogens is 3. The molecule has 0 aliphatic carbocycles. The number of anilines is 1. The fourth-order valence-corrected chi connectivity index (χ4v) is 3.85. The standard InChI is InChI=1S/C13H20N6O2S/c1-17(2)22(20,21)18(3)10-5-7-19(8-10)13-11-4-6-14-12(11)15-9-16-13/h4,6,9-10H,5,7-8H2,1-3H3,(H,14,15,16). The van der Waals surface area contributed by atoms with Crippen LogP contribution in [0.15, 0.2) is 18.6 Å². The van der Waals surface area contributed by atoms with Gasteiger partial charge in [-0.05, 0) is 12.5 Å². The minimum atomic E-state index is -3.40. The molecule has 0 bridgehead atoms. The molecule has 1 fully saturated rings. The van der Waals surface area contributed by atoms with Crippen molar-refractivity contribution in [2.24, 2.45) is 0 Å². The average Bonchev–Trinajstić information content (AvgIpc) is 3.14. The number of nitrogens with zero attached hydrogens (tertiary/aromatic N) is 5. The van der Waals surface area contributed by atoms with Gasteiger partial charge < -0.3 is 9.88 Å². The van der Waals surface area contributed by atoms with Crippen LogP contribution < -0.4 is 4.90 Å². The molecule has 3 rings (SSSR count). The molecule has 1 atom stereocenters. The van der Waals surface area contributed by atoms with E-state index in [4.69, 9.17) is 0 Å². The number of H-pyrrole nitrogens is 1. The molecule has 2 aromatic rings. The van der Waals surface area contributed by atoms with Crippen LogP contribution in [0.2, 0.25) is 0 Å². The Morgan fingerprint density at radius 2 is 2.09 bits per heavy atom. The highest BCUT2D eigenvalue weighted by Gasteiger charge is 2.34. The maximum Gasteiger partial charge on any atom is 0.281 e. The van der Waals surface area contributed by atoms with Gasteiger partial charge in [0.05, 0.1) is 5.39 Å². The predicted molar refractivity (Wildman–Crippen MR) is 84.9 cm³/mol. The Morgan fingerprint density at radius 3 is 2.82 bits per heavy atom. The van der Waals surface area contributed by atoms with Crippen LogP contribution in [-0.2, 0) is 10.2 Å². The lowest BCUT2D eigenvalue weighted by Crippen LogP contribution is -2.44. The second kappa shape index (κ2) is 5.49. The maximum atomic E-state index is 12.2. The number of aromatic amines is 1. The van der Waals surface area contributed by atoms with Crippen LogP contribution in [0, 0.1) is 0 Å². The molecule has 0 amide bonds. The van der Waals surface area contributed by atoms with Crippen LogP contribution in [0.25, 0.3) is 11.0 Å². The summed E-state index contributed by atoms with van der Waals surface area (Å²) >= 11 is 0. The average molecular weight is 324 g/mol. The van der Waals surface area contributed by atoms with Crippen LogP contribution in [0.5, 0.6) is 0 Å². The van der Waals surface area contributed by atoms with Gasteiger partial charge in [-0.3, -0.25) is 0 Å². The first-order chi connectivity index (χ1) is 10.4. The van der Waals surface area contributed by atoms with E-state index >= 15 is 0 Å². The summed E-state index contributed by atoms with van der Waals surface area (Å²) in [6, 6.07) is 1.88. The second-order valence-electron chi connectivity index (χ2n) is 5.63. The van der Waals surface area contributed by atoms with E-state index < -0.39 is 10.2 Å². The van der Waals surface area contributed by atoms with Crippen LogP contribution in [0.1, 0.15) is 6.42 Å². The van der Waals surface area contributed by atoms with E-state index in [1.54, 1.807) is 21.1 Å². The third-order valence-electron chi connectivity index (χ3n) is 4.14. The highest BCUT2D eigenvalue weighted by Crippen LogP contribution is 2.27. The lowest BCUT2D eigenvalue weighted by Gasteiger charge is -2.27. The fourth-order valence-electron chi connectivity index (χ4n) is 2.79. The van der Waals surface area contributed by atoms with Gasteiger partial charge in [-0.1, -0.05) is 0 Å². The second-order valence-corrected chi connectivity index (χ2v) is 7.83. The third-order valence-corrected chi connectivity index (χ3v) is 6.08. The maximum absolute atomic E-state index is 12.2. The van der Waals surface area contributed by atoms with Crippen molar-refractivity contribution in [3.8, 4) is 0 Å². The normalized spacial score (nSPS) is 19.7. The molecule has 0 aromatic carbocycles. The molecule has 2 aromatic heterocycles. The van der Waals surface area contributed by atoms with Crippen LogP contribution in [0.3, 0.4) is 0 Å². The van der Waals surface area contributed by atoms with Crippen molar-refractivity contribution in [1.29, 1.82) is 0 Å². The first-order valence-electron chi connectivity index (χ1n) is 7.10. The van der Waals surface area contributed by atoms with Crippen molar-refractivity contribution >= 4 is 27.1 Å². The number of fused-ring (bicyclic) bond motifs is 1. The van der Waals surface area contributed by atoms with Crippen molar-refractivity contribution in [2.75, 3.05) is 39.1 Å². The highest BCUT2D eigenvalue weighted by atomic mass is 32.2. The van der Waals surface area contributed by atoms with Gasteiger partial charge in [0.15, 0.2) is 0 Å². The summed E-state index contributed by atoms with van der Waals surface area (Å²) in [4.78, 5) is 13.7. The molecule has 9 heteroatoms. The zero-order valence-electron chi connectivity index (χ0n) is 12.9. The fraction of sp³-hybridized carbons (Fsp3) is 0.538. The summed E-state index contributed by atoms with van der Waals surface area (Å²) in [6.45, 7) is 1.40. The van der Waals surface area contributed by atoms with E-state index in [0.29, 0.717) is 6.54 Å². The SMILES string of the molecule is CN(C)S(=O)(=O)N(C)C1CCN(c2ncnc3[nH]ccc23)C1. The molecular formula is C13H20N6O2S. The Hall–Kier alpha value is -1.71. The van der Waals surface area contributed by atoms with Gasteiger partial charge in [0, 0.05) is 46.5 Å². The van der Waals surface area contributed by atoms with Crippen molar-refractivity contribution in [1.82, 2.24) is 23.6 Å². The molecule has 0 radical (unpaired) electrons.